The van der Waals surface area contributed by atoms with Gasteiger partial charge in [0.15, 0.2) is 0 Å². The van der Waals surface area contributed by atoms with Crippen LogP contribution >= 0.6 is 0 Å². The molecule has 1 aromatic carbocycles. The highest BCUT2D eigenvalue weighted by Gasteiger charge is 2.60. The van der Waals surface area contributed by atoms with E-state index in [0.717, 1.165) is 9.87 Å². The van der Waals surface area contributed by atoms with Crippen LogP contribution in [0.3, 0.4) is 0 Å². The molecular weight excluding hydrogens is 514 g/mol. The van der Waals surface area contributed by atoms with Crippen molar-refractivity contribution in [3.8, 4) is 0 Å². The summed E-state index contributed by atoms with van der Waals surface area (Å²) in [7, 11) is -4.08. The van der Waals surface area contributed by atoms with E-state index in [0.29, 0.717) is 16.0 Å². The van der Waals surface area contributed by atoms with E-state index in [9.17, 15) is 39.6 Å². The molecule has 36 heavy (non-hydrogen) atoms. The highest BCUT2D eigenvalue weighted by Crippen LogP contribution is 2.38. The molecule has 0 bridgehead atoms. The van der Waals surface area contributed by atoms with Gasteiger partial charge in [-0.15, -0.1) is 0 Å². The Hall–Kier alpha value is -2.02. The Labute approximate surface area is 207 Å². The lowest BCUT2D eigenvalue weighted by Gasteiger charge is -2.35. The molecule has 0 spiro atoms. The lowest BCUT2D eigenvalue weighted by atomic mass is 9.89. The third-order valence-corrected chi connectivity index (χ3v) is 8.02. The van der Waals surface area contributed by atoms with E-state index in [1.807, 2.05) is 53.7 Å². The van der Waals surface area contributed by atoms with Crippen molar-refractivity contribution >= 4 is 16.1 Å². The molecule has 1 amide bonds. The molecule has 0 atom stereocenters. The minimum Gasteiger partial charge on any atom is -0.426 e. The molecule has 0 aliphatic carbocycles. The van der Waals surface area contributed by atoms with Crippen LogP contribution in [0.2, 0.25) is 0 Å². The minimum atomic E-state index is -5.83. The predicted molar refractivity (Wildman–Crippen MR) is 121 cm³/mol. The van der Waals surface area contributed by atoms with E-state index in [1.54, 1.807) is 0 Å². The van der Waals surface area contributed by atoms with E-state index in [2.05, 4.69) is 4.74 Å². The molecule has 1 fully saturated rings. The minimum absolute atomic E-state index is 0.135. The van der Waals surface area contributed by atoms with Gasteiger partial charge in [0, 0.05) is 26.2 Å². The molecule has 1 saturated heterocycles. The third-order valence-electron chi connectivity index (χ3n) is 5.99. The lowest BCUT2D eigenvalue weighted by molar-refractivity contribution is -0.308. The Balaban J connectivity index is 2.32. The number of carbonyl (C=O) groups is 1. The summed E-state index contributed by atoms with van der Waals surface area (Å²) >= 11 is 0. The zero-order valence-electron chi connectivity index (χ0n) is 21.0. The van der Waals surface area contributed by atoms with Crippen LogP contribution in [0.1, 0.15) is 76.0 Å². The van der Waals surface area contributed by atoms with Gasteiger partial charge in [-0.05, 0) is 34.4 Å². The van der Waals surface area contributed by atoms with Crippen LogP contribution in [0.5, 0.6) is 0 Å². The highest BCUT2D eigenvalue weighted by molar-refractivity contribution is 7.89. The Morgan fingerprint density at radius 1 is 0.806 bits per heavy atom. The molecule has 2 rings (SSSR count). The van der Waals surface area contributed by atoms with Gasteiger partial charge in [0.2, 0.25) is 10.0 Å². The van der Waals surface area contributed by atoms with Crippen molar-refractivity contribution < 1.29 is 44.3 Å². The monoisotopic (exact) mass is 546 g/mol. The maximum atomic E-state index is 13.7. The zero-order chi connectivity index (χ0) is 27.8. The van der Waals surface area contributed by atoms with E-state index < -0.39 is 47.7 Å². The molecule has 6 nitrogen and oxygen atoms in total. The van der Waals surface area contributed by atoms with Crippen LogP contribution in [0.4, 0.5) is 31.1 Å². The molecule has 1 aromatic rings. The van der Waals surface area contributed by atoms with Crippen molar-refractivity contribution in [3.05, 3.63) is 28.8 Å². The molecular formula is C23H32F6N2O4S. The van der Waals surface area contributed by atoms with Crippen LogP contribution < -0.4 is 0 Å². The van der Waals surface area contributed by atoms with Crippen LogP contribution in [-0.4, -0.2) is 68.4 Å². The summed E-state index contributed by atoms with van der Waals surface area (Å²) in [5, 5.41) is 0. The van der Waals surface area contributed by atoms with Crippen molar-refractivity contribution in [2.45, 2.75) is 82.6 Å². The second-order valence-corrected chi connectivity index (χ2v) is 11.6. The fraction of sp³-hybridized carbons (Fsp3) is 0.696. The Bertz CT molecular complexity index is 1000. The first-order chi connectivity index (χ1) is 16.3. The number of ether oxygens (including phenoxy) is 1. The molecule has 1 aliphatic heterocycles. The Morgan fingerprint density at radius 2 is 1.22 bits per heavy atom. The first kappa shape index (κ1) is 30.2. The first-order valence-corrected chi connectivity index (χ1v) is 13.0. The van der Waals surface area contributed by atoms with Gasteiger partial charge in [-0.1, -0.05) is 53.7 Å². The molecule has 1 heterocycles. The molecule has 0 unspecified atom stereocenters. The van der Waals surface area contributed by atoms with Crippen molar-refractivity contribution in [1.29, 1.82) is 0 Å². The lowest BCUT2D eigenvalue weighted by Crippen LogP contribution is -2.53. The van der Waals surface area contributed by atoms with Crippen LogP contribution in [-0.2, 0) is 14.8 Å². The number of carbonyl (C=O) groups excluding carboxylic acids is 1. The Kier molecular flexibility index (Phi) is 9.03. The standard InChI is InChI=1S/C23H32F6N2O4S/c1-13(2)16-11-17(14(3)4)19(18(12-16)15(5)6)36(33,34)31-9-7-30(8-10-31)21(32)35-20(22(24,25)26)23(27,28)29/h11-15,20H,7-10H2,1-6H3. The smallest absolute Gasteiger partial charge is 0.426 e. The summed E-state index contributed by atoms with van der Waals surface area (Å²) in [4.78, 5) is 12.9. The number of alkyl halides is 6. The third kappa shape index (κ3) is 6.64. The largest absolute Gasteiger partial charge is 0.434 e. The van der Waals surface area contributed by atoms with Gasteiger partial charge >= 0.3 is 18.4 Å². The summed E-state index contributed by atoms with van der Waals surface area (Å²) in [6.45, 7) is 10.0. The SMILES string of the molecule is CC(C)c1cc(C(C)C)c(S(=O)(=O)N2CCN(C(=O)OC(C(F)(F)F)C(F)(F)F)CC2)c(C(C)C)c1. The number of halogens is 6. The van der Waals surface area contributed by atoms with Gasteiger partial charge < -0.3 is 9.64 Å². The van der Waals surface area contributed by atoms with E-state index in [-0.39, 0.29) is 35.7 Å². The number of sulfonamides is 1. The van der Waals surface area contributed by atoms with Crippen molar-refractivity contribution in [3.63, 3.8) is 0 Å². The van der Waals surface area contributed by atoms with Crippen molar-refractivity contribution in [2.24, 2.45) is 0 Å². The summed E-state index contributed by atoms with van der Waals surface area (Å²) < 4.78 is 109. The van der Waals surface area contributed by atoms with Gasteiger partial charge in [-0.3, -0.25) is 0 Å². The van der Waals surface area contributed by atoms with Gasteiger partial charge in [-0.25, -0.2) is 13.2 Å². The number of hydrogen-bond donors (Lipinski definition) is 0. The molecule has 0 radical (unpaired) electrons. The summed E-state index contributed by atoms with van der Waals surface area (Å²) in [6.07, 6.45) is -17.7. The normalized spacial score (nSPS) is 16.5. The maximum Gasteiger partial charge on any atom is 0.434 e. The molecule has 0 aromatic heterocycles. The molecule has 0 saturated carbocycles. The van der Waals surface area contributed by atoms with Gasteiger partial charge in [0.05, 0.1) is 4.90 Å². The van der Waals surface area contributed by atoms with Gasteiger partial charge in [-0.2, -0.15) is 30.6 Å². The quantitative estimate of drug-likeness (QED) is 0.411. The van der Waals surface area contributed by atoms with Gasteiger partial charge in [0.25, 0.3) is 6.10 Å². The van der Waals surface area contributed by atoms with Crippen molar-refractivity contribution in [2.75, 3.05) is 26.2 Å². The summed E-state index contributed by atoms with van der Waals surface area (Å²) in [5.74, 6) is -0.114. The first-order valence-electron chi connectivity index (χ1n) is 11.5. The molecule has 0 N–H and O–H groups in total. The van der Waals surface area contributed by atoms with Crippen LogP contribution in [0, 0.1) is 0 Å². The number of amides is 1. The number of rotatable bonds is 6. The van der Waals surface area contributed by atoms with E-state index >= 15 is 0 Å². The fourth-order valence-electron chi connectivity index (χ4n) is 3.92. The second-order valence-electron chi connectivity index (χ2n) is 9.73. The van der Waals surface area contributed by atoms with E-state index in [1.165, 1.54) is 0 Å². The topological polar surface area (TPSA) is 66.9 Å². The number of hydrogen-bond acceptors (Lipinski definition) is 4. The van der Waals surface area contributed by atoms with Crippen LogP contribution in [0.25, 0.3) is 0 Å². The average molecular weight is 547 g/mol. The van der Waals surface area contributed by atoms with Crippen LogP contribution in [0.15, 0.2) is 17.0 Å². The van der Waals surface area contributed by atoms with Crippen molar-refractivity contribution in [1.82, 2.24) is 9.21 Å². The second kappa shape index (κ2) is 10.8. The number of benzene rings is 1. The zero-order valence-corrected chi connectivity index (χ0v) is 21.8. The molecule has 206 valence electrons. The van der Waals surface area contributed by atoms with Gasteiger partial charge in [0.1, 0.15) is 0 Å². The fourth-order valence-corrected chi connectivity index (χ4v) is 6.01. The predicted octanol–water partition coefficient (Wildman–Crippen LogP) is 5.99. The summed E-state index contributed by atoms with van der Waals surface area (Å²) in [6, 6.07) is 3.71. The number of nitrogens with zero attached hydrogens (tertiary/aromatic N) is 2. The molecule has 13 heteroatoms. The maximum absolute atomic E-state index is 13.7. The van der Waals surface area contributed by atoms with E-state index in [4.69, 9.17) is 0 Å². The number of piperazine rings is 1. The highest BCUT2D eigenvalue weighted by atomic mass is 32.2. The Morgan fingerprint density at radius 3 is 1.56 bits per heavy atom. The molecule has 1 aliphatic rings. The average Bonchev–Trinajstić information content (AvgIpc) is 2.74. The summed E-state index contributed by atoms with van der Waals surface area (Å²) in [5.41, 5.74) is 2.24.